The Balaban J connectivity index is 2.27. The van der Waals surface area contributed by atoms with Crippen LogP contribution in [0.1, 0.15) is 0 Å². The lowest BCUT2D eigenvalue weighted by Gasteiger charge is -2.12. The highest BCUT2D eigenvalue weighted by Gasteiger charge is 2.12. The minimum atomic E-state index is -0.103. The highest BCUT2D eigenvalue weighted by molar-refractivity contribution is 5.82. The number of fused-ring (bicyclic) bond motifs is 1. The van der Waals surface area contributed by atoms with Gasteiger partial charge in [-0.05, 0) is 18.2 Å². The van der Waals surface area contributed by atoms with Gasteiger partial charge >= 0.3 is 0 Å². The van der Waals surface area contributed by atoms with E-state index in [4.69, 9.17) is 10.2 Å². The summed E-state index contributed by atoms with van der Waals surface area (Å²) in [4.78, 5) is 17.1. The summed E-state index contributed by atoms with van der Waals surface area (Å²) in [5.74, 6) is -0.103. The number of anilines is 2. The number of rotatable bonds is 3. The molecule has 0 saturated heterocycles. The molecular weight excluding hydrogens is 220 g/mol. The molecule has 3 N–H and O–H groups in total. The predicted molar refractivity (Wildman–Crippen MR) is 65.8 cm³/mol. The van der Waals surface area contributed by atoms with Crippen molar-refractivity contribution >= 4 is 28.7 Å². The SMILES string of the molecule is CNC(=O)CN(C)c1nc2cc(N)ccc2o1. The largest absolute Gasteiger partial charge is 0.423 e. The maximum Gasteiger partial charge on any atom is 0.298 e. The van der Waals surface area contributed by atoms with Crippen molar-refractivity contribution in [3.05, 3.63) is 18.2 Å². The number of amides is 1. The zero-order valence-corrected chi connectivity index (χ0v) is 9.73. The van der Waals surface area contributed by atoms with Crippen LogP contribution in [0.15, 0.2) is 22.6 Å². The molecule has 0 atom stereocenters. The number of carbonyl (C=O) groups is 1. The standard InChI is InChI=1S/C11H14N4O2/c1-13-10(16)6-15(2)11-14-8-5-7(12)3-4-9(8)17-11/h3-5H,6,12H2,1-2H3,(H,13,16). The van der Waals surface area contributed by atoms with Crippen molar-refractivity contribution in [3.8, 4) is 0 Å². The Kier molecular flexibility index (Phi) is 2.86. The Morgan fingerprint density at radius 2 is 2.35 bits per heavy atom. The molecule has 0 saturated carbocycles. The number of nitrogen functional groups attached to an aromatic ring is 1. The molecule has 17 heavy (non-hydrogen) atoms. The molecule has 1 aromatic carbocycles. The highest BCUT2D eigenvalue weighted by Crippen LogP contribution is 2.22. The normalized spacial score (nSPS) is 10.5. The average molecular weight is 234 g/mol. The zero-order chi connectivity index (χ0) is 12.4. The fourth-order valence-corrected chi connectivity index (χ4v) is 1.46. The molecule has 1 aromatic heterocycles. The molecule has 0 radical (unpaired) electrons. The van der Waals surface area contributed by atoms with Gasteiger partial charge < -0.3 is 20.4 Å². The predicted octanol–water partition coefficient (Wildman–Crippen LogP) is 0.592. The van der Waals surface area contributed by atoms with Gasteiger partial charge in [0.1, 0.15) is 12.1 Å². The zero-order valence-electron chi connectivity index (χ0n) is 9.73. The molecule has 0 aliphatic heterocycles. The van der Waals surface area contributed by atoms with Crippen molar-refractivity contribution < 1.29 is 9.21 Å². The quantitative estimate of drug-likeness (QED) is 0.759. The van der Waals surface area contributed by atoms with E-state index < -0.39 is 0 Å². The number of hydrogen-bond acceptors (Lipinski definition) is 5. The summed E-state index contributed by atoms with van der Waals surface area (Å²) < 4.78 is 5.51. The first-order chi connectivity index (χ1) is 8.10. The van der Waals surface area contributed by atoms with Crippen LogP contribution in [-0.4, -0.2) is 31.5 Å². The second-order valence-electron chi connectivity index (χ2n) is 3.75. The third kappa shape index (κ3) is 2.30. The second kappa shape index (κ2) is 4.32. The van der Waals surface area contributed by atoms with E-state index >= 15 is 0 Å². The van der Waals surface area contributed by atoms with Crippen LogP contribution in [0.3, 0.4) is 0 Å². The van der Waals surface area contributed by atoms with Crippen LogP contribution in [0.2, 0.25) is 0 Å². The van der Waals surface area contributed by atoms with Crippen LogP contribution >= 0.6 is 0 Å². The lowest BCUT2D eigenvalue weighted by molar-refractivity contribution is -0.119. The number of benzene rings is 1. The van der Waals surface area contributed by atoms with Gasteiger partial charge in [0.05, 0.1) is 0 Å². The van der Waals surface area contributed by atoms with Crippen molar-refractivity contribution in [1.29, 1.82) is 0 Å². The maximum atomic E-state index is 11.2. The summed E-state index contributed by atoms with van der Waals surface area (Å²) in [6.07, 6.45) is 0. The summed E-state index contributed by atoms with van der Waals surface area (Å²) in [6, 6.07) is 5.63. The summed E-state index contributed by atoms with van der Waals surface area (Å²) in [6.45, 7) is 0.193. The van der Waals surface area contributed by atoms with Gasteiger partial charge in [-0.1, -0.05) is 0 Å². The van der Waals surface area contributed by atoms with Crippen molar-refractivity contribution in [2.24, 2.45) is 0 Å². The Labute approximate surface area is 98.4 Å². The van der Waals surface area contributed by atoms with E-state index in [2.05, 4.69) is 10.3 Å². The summed E-state index contributed by atoms with van der Waals surface area (Å²) in [7, 11) is 3.33. The molecule has 1 heterocycles. The number of likely N-dealkylation sites (N-methyl/N-ethyl adjacent to an activating group) is 2. The van der Waals surface area contributed by atoms with Gasteiger partial charge in [0.15, 0.2) is 5.58 Å². The van der Waals surface area contributed by atoms with Crippen LogP contribution in [0.25, 0.3) is 11.1 Å². The Morgan fingerprint density at radius 1 is 1.59 bits per heavy atom. The molecule has 90 valence electrons. The van der Waals surface area contributed by atoms with E-state index in [0.29, 0.717) is 22.8 Å². The van der Waals surface area contributed by atoms with Gasteiger partial charge in [-0.3, -0.25) is 4.79 Å². The second-order valence-corrected chi connectivity index (χ2v) is 3.75. The van der Waals surface area contributed by atoms with Gasteiger partial charge in [0, 0.05) is 19.8 Å². The van der Waals surface area contributed by atoms with Gasteiger partial charge in [0.2, 0.25) is 5.91 Å². The lowest BCUT2D eigenvalue weighted by atomic mass is 10.3. The molecule has 0 spiro atoms. The number of carbonyl (C=O) groups excluding carboxylic acids is 1. The van der Waals surface area contributed by atoms with E-state index in [1.807, 2.05) is 0 Å². The van der Waals surface area contributed by atoms with Crippen LogP contribution in [0, 0.1) is 0 Å². The van der Waals surface area contributed by atoms with Gasteiger partial charge in [-0.15, -0.1) is 0 Å². The molecule has 6 nitrogen and oxygen atoms in total. The first-order valence-corrected chi connectivity index (χ1v) is 5.18. The van der Waals surface area contributed by atoms with Crippen LogP contribution in [0.5, 0.6) is 0 Å². The number of aromatic nitrogens is 1. The number of nitrogens with zero attached hydrogens (tertiary/aromatic N) is 2. The molecule has 1 amide bonds. The van der Waals surface area contributed by atoms with Crippen molar-refractivity contribution in [3.63, 3.8) is 0 Å². The highest BCUT2D eigenvalue weighted by atomic mass is 16.4. The molecule has 0 fully saturated rings. The van der Waals surface area contributed by atoms with E-state index in [1.165, 1.54) is 0 Å². The van der Waals surface area contributed by atoms with Gasteiger partial charge in [0.25, 0.3) is 6.01 Å². The third-order valence-corrected chi connectivity index (χ3v) is 2.39. The minimum Gasteiger partial charge on any atom is -0.423 e. The summed E-state index contributed by atoms with van der Waals surface area (Å²) >= 11 is 0. The number of oxazole rings is 1. The van der Waals surface area contributed by atoms with Gasteiger partial charge in [-0.25, -0.2) is 0 Å². The monoisotopic (exact) mass is 234 g/mol. The average Bonchev–Trinajstić information content (AvgIpc) is 2.71. The Hall–Kier alpha value is -2.24. The smallest absolute Gasteiger partial charge is 0.298 e. The molecule has 0 aliphatic carbocycles. The molecule has 0 unspecified atom stereocenters. The van der Waals surface area contributed by atoms with Crippen molar-refractivity contribution in [2.45, 2.75) is 0 Å². The van der Waals surface area contributed by atoms with E-state index in [-0.39, 0.29) is 12.5 Å². The van der Waals surface area contributed by atoms with Crippen LogP contribution in [-0.2, 0) is 4.79 Å². The summed E-state index contributed by atoms with van der Waals surface area (Å²) in [5, 5.41) is 2.54. The Morgan fingerprint density at radius 3 is 3.06 bits per heavy atom. The molecule has 6 heteroatoms. The topological polar surface area (TPSA) is 84.4 Å². The molecular formula is C11H14N4O2. The number of hydrogen-bond donors (Lipinski definition) is 2. The first-order valence-electron chi connectivity index (χ1n) is 5.18. The molecule has 2 rings (SSSR count). The van der Waals surface area contributed by atoms with Crippen LogP contribution < -0.4 is 16.0 Å². The first kappa shape index (κ1) is 11.3. The fourth-order valence-electron chi connectivity index (χ4n) is 1.46. The molecule has 0 aliphatic rings. The lowest BCUT2D eigenvalue weighted by Crippen LogP contribution is -2.33. The fraction of sp³-hybridized carbons (Fsp3) is 0.273. The van der Waals surface area contributed by atoms with E-state index in [1.54, 1.807) is 37.2 Å². The molecule has 2 aromatic rings. The van der Waals surface area contributed by atoms with Crippen molar-refractivity contribution in [2.75, 3.05) is 31.3 Å². The minimum absolute atomic E-state index is 0.103. The maximum absolute atomic E-state index is 11.2. The van der Waals surface area contributed by atoms with Crippen molar-refractivity contribution in [1.82, 2.24) is 10.3 Å². The Bertz CT molecular complexity index is 549. The van der Waals surface area contributed by atoms with E-state index in [0.717, 1.165) is 0 Å². The summed E-state index contributed by atoms with van der Waals surface area (Å²) in [5.41, 5.74) is 7.62. The van der Waals surface area contributed by atoms with Gasteiger partial charge in [-0.2, -0.15) is 4.98 Å². The van der Waals surface area contributed by atoms with E-state index in [9.17, 15) is 4.79 Å². The molecule has 0 bridgehead atoms. The number of nitrogens with two attached hydrogens (primary N) is 1. The van der Waals surface area contributed by atoms with Crippen LogP contribution in [0.4, 0.5) is 11.7 Å². The number of nitrogens with one attached hydrogen (secondary N) is 1. The third-order valence-electron chi connectivity index (χ3n) is 2.39.